The molecule has 0 heterocycles. The number of hydrogen-bond acceptors (Lipinski definition) is 3. The van der Waals surface area contributed by atoms with E-state index in [4.69, 9.17) is 9.47 Å². The van der Waals surface area contributed by atoms with Crippen LogP contribution in [0.15, 0.2) is 36.4 Å². The van der Waals surface area contributed by atoms with Crippen molar-refractivity contribution in [1.29, 1.82) is 0 Å². The molecule has 0 bridgehead atoms. The van der Waals surface area contributed by atoms with Crippen LogP contribution in [0.2, 0.25) is 0 Å². The number of carbonyl (C=O) groups excluding carboxylic acids is 1. The number of benzene rings is 2. The van der Waals surface area contributed by atoms with Gasteiger partial charge in [-0.3, -0.25) is 4.79 Å². The first-order valence-corrected chi connectivity index (χ1v) is 12.8. The Balaban J connectivity index is 2.10. The van der Waals surface area contributed by atoms with Crippen LogP contribution in [0.4, 0.5) is 0 Å². The van der Waals surface area contributed by atoms with Crippen LogP contribution in [0.1, 0.15) is 86.7 Å². The molecule has 4 heteroatoms. The van der Waals surface area contributed by atoms with Gasteiger partial charge < -0.3 is 9.47 Å². The maximum Gasteiger partial charge on any atom is 0.186 e. The van der Waals surface area contributed by atoms with E-state index in [0.717, 1.165) is 52.9 Å². The second kappa shape index (κ2) is 14.2. The first-order chi connectivity index (χ1) is 15.1. The van der Waals surface area contributed by atoms with Gasteiger partial charge in [-0.05, 0) is 58.5 Å². The van der Waals surface area contributed by atoms with Crippen LogP contribution in [0.3, 0.4) is 0 Å². The fourth-order valence-electron chi connectivity index (χ4n) is 3.60. The van der Waals surface area contributed by atoms with Crippen LogP contribution in [0, 0.1) is 13.8 Å². The summed E-state index contributed by atoms with van der Waals surface area (Å²) in [5, 5.41) is 0.960. The van der Waals surface area contributed by atoms with E-state index in [1.165, 1.54) is 38.5 Å². The fourth-order valence-corrected chi connectivity index (χ4v) is 4.80. The molecule has 0 saturated heterocycles. The molecule has 0 aliphatic carbocycles. The van der Waals surface area contributed by atoms with Crippen molar-refractivity contribution < 1.29 is 14.3 Å². The maximum absolute atomic E-state index is 13.1. The summed E-state index contributed by atoms with van der Waals surface area (Å²) < 4.78 is 12.1. The number of rotatable bonds is 15. The molecule has 1 atom stereocenters. The van der Waals surface area contributed by atoms with Crippen LogP contribution < -0.4 is 14.8 Å². The molecule has 0 radical (unpaired) electrons. The minimum Gasteiger partial charge on any atom is -0.493 e. The molecule has 2 aromatic rings. The van der Waals surface area contributed by atoms with Gasteiger partial charge in [0.05, 0.1) is 13.2 Å². The SMILES string of the molecule is CCCCCCOc1ccc(PC(=O)c2c(C)cccc2C)c(OCCCCCC)c1. The minimum atomic E-state index is 0.0387. The summed E-state index contributed by atoms with van der Waals surface area (Å²) in [6, 6.07) is 12.0. The van der Waals surface area contributed by atoms with Crippen molar-refractivity contribution in [3.05, 3.63) is 53.1 Å². The van der Waals surface area contributed by atoms with Gasteiger partial charge in [0.15, 0.2) is 5.52 Å². The average molecular weight is 443 g/mol. The number of unbranched alkanes of at least 4 members (excludes halogenated alkanes) is 6. The van der Waals surface area contributed by atoms with Gasteiger partial charge in [-0.1, -0.05) is 70.6 Å². The molecule has 0 aliphatic heterocycles. The molecule has 170 valence electrons. The van der Waals surface area contributed by atoms with Crippen molar-refractivity contribution in [1.82, 2.24) is 0 Å². The average Bonchev–Trinajstić information content (AvgIpc) is 2.75. The second-order valence-corrected chi connectivity index (χ2v) is 9.44. The zero-order chi connectivity index (χ0) is 22.5. The summed E-state index contributed by atoms with van der Waals surface area (Å²) in [6.45, 7) is 9.83. The van der Waals surface area contributed by atoms with Gasteiger partial charge in [-0.15, -0.1) is 0 Å². The van der Waals surface area contributed by atoms with Crippen molar-refractivity contribution in [2.45, 2.75) is 79.1 Å². The maximum atomic E-state index is 13.1. The van der Waals surface area contributed by atoms with E-state index in [-0.39, 0.29) is 14.1 Å². The third-order valence-corrected chi connectivity index (χ3v) is 6.59. The Hall–Kier alpha value is -1.86. The molecule has 0 saturated carbocycles. The number of aryl methyl sites for hydroxylation is 2. The Morgan fingerprint density at radius 1 is 0.806 bits per heavy atom. The molecule has 3 nitrogen and oxygen atoms in total. The molecule has 0 fully saturated rings. The molecule has 2 aromatic carbocycles. The normalized spacial score (nSPS) is 11.2. The zero-order valence-electron chi connectivity index (χ0n) is 19.8. The van der Waals surface area contributed by atoms with Gasteiger partial charge in [0, 0.05) is 16.9 Å². The number of hydrogen-bond donors (Lipinski definition) is 0. The Bertz CT molecular complexity index is 796. The molecule has 1 unspecified atom stereocenters. The first kappa shape index (κ1) is 25.4. The molecule has 0 spiro atoms. The number of carbonyl (C=O) groups is 1. The van der Waals surface area contributed by atoms with E-state index in [9.17, 15) is 4.79 Å². The molecule has 0 aliphatic rings. The van der Waals surface area contributed by atoms with Crippen LogP contribution in [-0.2, 0) is 0 Å². The summed E-state index contributed by atoms with van der Waals surface area (Å²) >= 11 is 0. The third-order valence-electron chi connectivity index (χ3n) is 5.43. The summed E-state index contributed by atoms with van der Waals surface area (Å²) in [4.78, 5) is 13.1. The highest BCUT2D eigenvalue weighted by atomic mass is 31.1. The van der Waals surface area contributed by atoms with Gasteiger partial charge in [0.1, 0.15) is 11.5 Å². The van der Waals surface area contributed by atoms with Gasteiger partial charge >= 0.3 is 0 Å². The monoisotopic (exact) mass is 442 g/mol. The Kier molecular flexibility index (Phi) is 11.7. The molecule has 0 N–H and O–H groups in total. The van der Waals surface area contributed by atoms with Gasteiger partial charge in [-0.2, -0.15) is 0 Å². The van der Waals surface area contributed by atoms with Crippen molar-refractivity contribution >= 4 is 19.4 Å². The standard InChI is InChI=1S/C27H39O3P/c1-5-7-9-11-18-29-23-16-17-25(24(20-23)30-19-12-10-8-6-2)31-27(28)26-21(3)14-13-15-22(26)4/h13-17,20,31H,5-12,18-19H2,1-4H3. The number of ether oxygens (including phenoxy) is 2. The van der Waals surface area contributed by atoms with Crippen molar-refractivity contribution in [3.8, 4) is 11.5 Å². The summed E-state index contributed by atoms with van der Waals surface area (Å²) in [5.74, 6) is 1.62. The minimum absolute atomic E-state index is 0.0387. The van der Waals surface area contributed by atoms with E-state index in [0.29, 0.717) is 6.61 Å². The molecule has 0 amide bonds. The Labute approximate surface area is 190 Å². The van der Waals surface area contributed by atoms with Crippen LogP contribution >= 0.6 is 8.58 Å². The first-order valence-electron chi connectivity index (χ1n) is 11.8. The summed E-state index contributed by atoms with van der Waals surface area (Å²) in [5.41, 5.74) is 3.07. The lowest BCUT2D eigenvalue weighted by Gasteiger charge is -2.15. The Morgan fingerprint density at radius 3 is 2.03 bits per heavy atom. The molecule has 2 rings (SSSR count). The van der Waals surface area contributed by atoms with E-state index in [1.54, 1.807) is 0 Å². The molecular weight excluding hydrogens is 403 g/mol. The van der Waals surface area contributed by atoms with Gasteiger partial charge in [0.25, 0.3) is 0 Å². The predicted molar refractivity (Wildman–Crippen MR) is 134 cm³/mol. The predicted octanol–water partition coefficient (Wildman–Crippen LogP) is 7.37. The molecule has 0 aromatic heterocycles. The summed E-state index contributed by atoms with van der Waals surface area (Å²) in [7, 11) is 0.0387. The fraction of sp³-hybridized carbons (Fsp3) is 0.519. The van der Waals surface area contributed by atoms with Crippen LogP contribution in [-0.4, -0.2) is 18.7 Å². The topological polar surface area (TPSA) is 35.5 Å². The van der Waals surface area contributed by atoms with E-state index in [2.05, 4.69) is 13.8 Å². The van der Waals surface area contributed by atoms with Crippen molar-refractivity contribution in [2.24, 2.45) is 0 Å². The smallest absolute Gasteiger partial charge is 0.186 e. The van der Waals surface area contributed by atoms with E-state index >= 15 is 0 Å². The summed E-state index contributed by atoms with van der Waals surface area (Å²) in [6.07, 6.45) is 9.36. The lowest BCUT2D eigenvalue weighted by molar-refractivity contribution is 0.108. The van der Waals surface area contributed by atoms with Crippen molar-refractivity contribution in [2.75, 3.05) is 13.2 Å². The van der Waals surface area contributed by atoms with Gasteiger partial charge in [0.2, 0.25) is 0 Å². The highest BCUT2D eigenvalue weighted by Crippen LogP contribution is 2.30. The quantitative estimate of drug-likeness (QED) is 0.213. The second-order valence-electron chi connectivity index (χ2n) is 8.20. The third kappa shape index (κ3) is 8.65. The largest absolute Gasteiger partial charge is 0.493 e. The lowest BCUT2D eigenvalue weighted by atomic mass is 10.0. The Morgan fingerprint density at radius 2 is 1.42 bits per heavy atom. The van der Waals surface area contributed by atoms with Crippen molar-refractivity contribution in [3.63, 3.8) is 0 Å². The lowest BCUT2D eigenvalue weighted by Crippen LogP contribution is -2.10. The van der Waals surface area contributed by atoms with Crippen LogP contribution in [0.5, 0.6) is 11.5 Å². The highest BCUT2D eigenvalue weighted by Gasteiger charge is 2.16. The zero-order valence-corrected chi connectivity index (χ0v) is 20.8. The van der Waals surface area contributed by atoms with E-state index < -0.39 is 0 Å². The van der Waals surface area contributed by atoms with Crippen LogP contribution in [0.25, 0.3) is 0 Å². The van der Waals surface area contributed by atoms with E-state index in [1.807, 2.05) is 50.2 Å². The van der Waals surface area contributed by atoms with Gasteiger partial charge in [-0.25, -0.2) is 0 Å². The highest BCUT2D eigenvalue weighted by molar-refractivity contribution is 7.66. The molecule has 31 heavy (non-hydrogen) atoms. The molecular formula is C27H39O3P.